The Labute approximate surface area is 412 Å². The summed E-state index contributed by atoms with van der Waals surface area (Å²) in [6, 6.07) is 0. The molecule has 2 atom stereocenters. The van der Waals surface area contributed by atoms with Crippen LogP contribution in [-0.4, -0.2) is 37.2 Å². The van der Waals surface area contributed by atoms with Gasteiger partial charge in [0, 0.05) is 19.3 Å². The molecule has 0 saturated heterocycles. The Bertz CT molecular complexity index is 1010. The lowest BCUT2D eigenvalue weighted by Gasteiger charge is -2.18. The van der Waals surface area contributed by atoms with Crippen molar-refractivity contribution in [1.29, 1.82) is 0 Å². The van der Waals surface area contributed by atoms with Gasteiger partial charge in [-0.25, -0.2) is 0 Å². The van der Waals surface area contributed by atoms with Gasteiger partial charge in [-0.05, 0) is 31.1 Å². The molecule has 0 aliphatic heterocycles. The van der Waals surface area contributed by atoms with Crippen molar-refractivity contribution in [3.63, 3.8) is 0 Å². The van der Waals surface area contributed by atoms with Crippen LogP contribution in [-0.2, 0) is 28.6 Å². The lowest BCUT2D eigenvalue weighted by atomic mass is 9.99. The zero-order chi connectivity index (χ0) is 48.2. The second-order valence-corrected chi connectivity index (χ2v) is 21.4. The first-order valence-corrected chi connectivity index (χ1v) is 29.8. The van der Waals surface area contributed by atoms with Crippen LogP contribution in [0.3, 0.4) is 0 Å². The molecule has 0 heterocycles. The summed E-state index contributed by atoms with van der Waals surface area (Å²) in [6.45, 7) is 11.5. The molecule has 0 aromatic rings. The number of hydrogen-bond acceptors (Lipinski definition) is 6. The molecular weight excluding hydrogens is 817 g/mol. The van der Waals surface area contributed by atoms with Crippen molar-refractivity contribution in [2.75, 3.05) is 13.2 Å². The predicted octanol–water partition coefficient (Wildman–Crippen LogP) is 19.7. The average Bonchev–Trinajstić information content (AvgIpc) is 3.30. The molecule has 0 rings (SSSR count). The monoisotopic (exact) mass is 933 g/mol. The molecule has 6 heteroatoms. The van der Waals surface area contributed by atoms with Gasteiger partial charge in [0.15, 0.2) is 6.10 Å². The van der Waals surface area contributed by atoms with E-state index in [0.29, 0.717) is 19.3 Å². The topological polar surface area (TPSA) is 78.9 Å². The normalized spacial score (nSPS) is 12.5. The largest absolute Gasteiger partial charge is 0.462 e. The summed E-state index contributed by atoms with van der Waals surface area (Å²) in [5.74, 6) is 0.892. The number of rotatable bonds is 54. The Morgan fingerprint density at radius 1 is 0.318 bits per heavy atom. The standard InChI is InChI=1S/C60H116O6/c1-6-8-9-10-11-12-13-14-15-19-25-30-35-40-45-50-58(61)64-53-57(54-65-59(62)51-46-41-36-31-26-22-21-23-28-33-38-43-48-55(3)4)66-60(63)52-47-42-37-32-27-20-17-16-18-24-29-34-39-44-49-56(5)7-2/h55-57H,6-54H2,1-5H3/t56?,57-/m1/s1. The van der Waals surface area contributed by atoms with E-state index in [1.165, 1.54) is 225 Å². The molecule has 0 N–H and O–H groups in total. The molecular formula is C60H116O6. The number of carbonyl (C=O) groups excluding carboxylic acids is 3. The molecule has 6 nitrogen and oxygen atoms in total. The van der Waals surface area contributed by atoms with Gasteiger partial charge in [-0.3, -0.25) is 14.4 Å². The highest BCUT2D eigenvalue weighted by Gasteiger charge is 2.19. The fourth-order valence-corrected chi connectivity index (χ4v) is 9.20. The fraction of sp³-hybridized carbons (Fsp3) is 0.950. The number of hydrogen-bond donors (Lipinski definition) is 0. The third kappa shape index (κ3) is 51.8. The summed E-state index contributed by atoms with van der Waals surface area (Å²) < 4.78 is 16.9. The molecule has 0 aliphatic carbocycles. The lowest BCUT2D eigenvalue weighted by Crippen LogP contribution is -2.30. The second-order valence-electron chi connectivity index (χ2n) is 21.4. The summed E-state index contributed by atoms with van der Waals surface area (Å²) in [7, 11) is 0. The van der Waals surface area contributed by atoms with Gasteiger partial charge in [-0.1, -0.05) is 298 Å². The number of carbonyl (C=O) groups is 3. The molecule has 66 heavy (non-hydrogen) atoms. The van der Waals surface area contributed by atoms with Gasteiger partial charge in [0.25, 0.3) is 0 Å². The summed E-state index contributed by atoms with van der Waals surface area (Å²) in [4.78, 5) is 38.2. The molecule has 0 aliphatic rings. The molecule has 0 amide bonds. The van der Waals surface area contributed by atoms with Crippen molar-refractivity contribution < 1.29 is 28.6 Å². The van der Waals surface area contributed by atoms with Crippen LogP contribution in [0.1, 0.15) is 336 Å². The fourth-order valence-electron chi connectivity index (χ4n) is 9.20. The van der Waals surface area contributed by atoms with E-state index >= 15 is 0 Å². The van der Waals surface area contributed by atoms with Crippen molar-refractivity contribution in [3.8, 4) is 0 Å². The van der Waals surface area contributed by atoms with E-state index in [0.717, 1.165) is 69.6 Å². The van der Waals surface area contributed by atoms with Gasteiger partial charge in [-0.2, -0.15) is 0 Å². The average molecular weight is 934 g/mol. The van der Waals surface area contributed by atoms with Crippen LogP contribution in [0.15, 0.2) is 0 Å². The van der Waals surface area contributed by atoms with Crippen molar-refractivity contribution in [2.24, 2.45) is 11.8 Å². The third-order valence-electron chi connectivity index (χ3n) is 14.1. The second kappa shape index (κ2) is 52.8. The van der Waals surface area contributed by atoms with Crippen molar-refractivity contribution in [2.45, 2.75) is 343 Å². The number of unbranched alkanes of at least 4 members (excludes halogenated alkanes) is 38. The van der Waals surface area contributed by atoms with Crippen molar-refractivity contribution in [3.05, 3.63) is 0 Å². The van der Waals surface area contributed by atoms with Gasteiger partial charge >= 0.3 is 17.9 Å². The first-order chi connectivity index (χ1) is 32.3. The Balaban J connectivity index is 4.30. The van der Waals surface area contributed by atoms with E-state index in [1.807, 2.05) is 0 Å². The molecule has 392 valence electrons. The third-order valence-corrected chi connectivity index (χ3v) is 14.1. The van der Waals surface area contributed by atoms with Crippen molar-refractivity contribution in [1.82, 2.24) is 0 Å². The van der Waals surface area contributed by atoms with Gasteiger partial charge in [0.05, 0.1) is 0 Å². The highest BCUT2D eigenvalue weighted by Crippen LogP contribution is 2.19. The van der Waals surface area contributed by atoms with Crippen LogP contribution >= 0.6 is 0 Å². The minimum atomic E-state index is -0.763. The summed E-state index contributed by atoms with van der Waals surface area (Å²) in [5.41, 5.74) is 0. The highest BCUT2D eigenvalue weighted by molar-refractivity contribution is 5.71. The zero-order valence-electron chi connectivity index (χ0n) is 45.3. The SMILES string of the molecule is CCCCCCCCCCCCCCCCCC(=O)OC[C@H](COC(=O)CCCCCCCCCCCCCCC(C)C)OC(=O)CCCCCCCCCCCCCCCCC(C)CC. The molecule has 0 saturated carbocycles. The van der Waals surface area contributed by atoms with Gasteiger partial charge in [0.2, 0.25) is 0 Å². The smallest absolute Gasteiger partial charge is 0.306 e. The highest BCUT2D eigenvalue weighted by atomic mass is 16.6. The molecule has 1 unspecified atom stereocenters. The summed E-state index contributed by atoms with van der Waals surface area (Å²) in [5, 5.41) is 0. The molecule has 0 radical (unpaired) electrons. The molecule has 0 aromatic carbocycles. The van der Waals surface area contributed by atoms with E-state index < -0.39 is 6.10 Å². The predicted molar refractivity (Wildman–Crippen MR) is 284 cm³/mol. The summed E-state index contributed by atoms with van der Waals surface area (Å²) >= 11 is 0. The van der Waals surface area contributed by atoms with Gasteiger partial charge in [-0.15, -0.1) is 0 Å². The van der Waals surface area contributed by atoms with Crippen LogP contribution in [0, 0.1) is 11.8 Å². The van der Waals surface area contributed by atoms with E-state index in [4.69, 9.17) is 14.2 Å². The van der Waals surface area contributed by atoms with Crippen LogP contribution in [0.4, 0.5) is 0 Å². The minimum absolute atomic E-state index is 0.0624. The van der Waals surface area contributed by atoms with Gasteiger partial charge in [0.1, 0.15) is 13.2 Å². The van der Waals surface area contributed by atoms with Crippen LogP contribution in [0.2, 0.25) is 0 Å². The Morgan fingerprint density at radius 3 is 0.864 bits per heavy atom. The maximum atomic E-state index is 12.9. The van der Waals surface area contributed by atoms with Crippen molar-refractivity contribution >= 4 is 17.9 Å². The van der Waals surface area contributed by atoms with E-state index in [1.54, 1.807) is 0 Å². The quantitative estimate of drug-likeness (QED) is 0.0343. The molecule has 0 bridgehead atoms. The zero-order valence-corrected chi connectivity index (χ0v) is 45.3. The Hall–Kier alpha value is -1.59. The Morgan fingerprint density at radius 2 is 0.576 bits per heavy atom. The molecule has 0 fully saturated rings. The van der Waals surface area contributed by atoms with Crippen LogP contribution in [0.5, 0.6) is 0 Å². The maximum absolute atomic E-state index is 12.9. The van der Waals surface area contributed by atoms with E-state index in [9.17, 15) is 14.4 Å². The summed E-state index contributed by atoms with van der Waals surface area (Å²) in [6.07, 6.45) is 56.6. The first-order valence-electron chi connectivity index (χ1n) is 29.8. The first kappa shape index (κ1) is 64.4. The van der Waals surface area contributed by atoms with Crippen LogP contribution < -0.4 is 0 Å². The molecule has 0 spiro atoms. The van der Waals surface area contributed by atoms with E-state index in [2.05, 4.69) is 34.6 Å². The van der Waals surface area contributed by atoms with Crippen LogP contribution in [0.25, 0.3) is 0 Å². The van der Waals surface area contributed by atoms with Gasteiger partial charge < -0.3 is 14.2 Å². The van der Waals surface area contributed by atoms with E-state index in [-0.39, 0.29) is 31.1 Å². The Kier molecular flexibility index (Phi) is 51.5. The molecule has 0 aromatic heterocycles. The minimum Gasteiger partial charge on any atom is -0.462 e. The maximum Gasteiger partial charge on any atom is 0.306 e. The number of ether oxygens (including phenoxy) is 3. The lowest BCUT2D eigenvalue weighted by molar-refractivity contribution is -0.167. The number of esters is 3.